The van der Waals surface area contributed by atoms with E-state index in [0.717, 1.165) is 101 Å². The van der Waals surface area contributed by atoms with E-state index in [1.165, 1.54) is 28.8 Å². The molecule has 4 N–H and O–H groups in total. The number of sulfonamides is 1. The first-order valence-electron chi connectivity index (χ1n) is 27.4. The molecule has 3 saturated heterocycles. The second kappa shape index (κ2) is 23.1. The van der Waals surface area contributed by atoms with E-state index in [2.05, 4.69) is 55.7 Å². The van der Waals surface area contributed by atoms with Crippen LogP contribution in [0.1, 0.15) is 81.1 Å². The van der Waals surface area contributed by atoms with Crippen molar-refractivity contribution >= 4 is 72.6 Å². The number of ether oxygens (including phenoxy) is 4. The number of rotatable bonds is 11. The summed E-state index contributed by atoms with van der Waals surface area (Å²) in [5, 5.41) is 27.4. The number of carbonyl (C=O) groups is 1. The third-order valence-corrected chi connectivity index (χ3v) is 18.1. The zero-order chi connectivity index (χ0) is 53.3. The molecule has 11 rings (SSSR count). The van der Waals surface area contributed by atoms with Gasteiger partial charge >= 0.3 is 0 Å². The van der Waals surface area contributed by atoms with Gasteiger partial charge in [0.25, 0.3) is 15.9 Å². The van der Waals surface area contributed by atoms with Crippen molar-refractivity contribution in [1.82, 2.24) is 24.5 Å². The highest BCUT2D eigenvalue weighted by molar-refractivity contribution is 7.90. The van der Waals surface area contributed by atoms with Crippen molar-refractivity contribution < 1.29 is 37.4 Å². The molecule has 6 aliphatic rings. The number of amides is 1. The molecule has 412 valence electrons. The van der Waals surface area contributed by atoms with Crippen LogP contribution in [0.4, 0.5) is 28.4 Å². The predicted octanol–water partition coefficient (Wildman–Crippen LogP) is 8.82. The van der Waals surface area contributed by atoms with Crippen molar-refractivity contribution in [3.05, 3.63) is 106 Å². The first kappa shape index (κ1) is 53.5. The van der Waals surface area contributed by atoms with Crippen LogP contribution in [0.2, 0.25) is 5.02 Å². The molecule has 4 fully saturated rings. The first-order chi connectivity index (χ1) is 37.2. The number of H-pyrrole nitrogens is 1. The van der Waals surface area contributed by atoms with Gasteiger partial charge in [0.05, 0.1) is 66.1 Å². The van der Waals surface area contributed by atoms with Crippen LogP contribution in [0.3, 0.4) is 0 Å². The van der Waals surface area contributed by atoms with Crippen LogP contribution in [0.25, 0.3) is 16.6 Å². The number of pyridine rings is 1. The summed E-state index contributed by atoms with van der Waals surface area (Å²) in [5.41, 5.74) is 6.59. The van der Waals surface area contributed by atoms with Crippen LogP contribution in [0.15, 0.2) is 89.5 Å². The Morgan fingerprint density at radius 2 is 1.70 bits per heavy atom. The summed E-state index contributed by atoms with van der Waals surface area (Å²) in [7, 11) is -4.59. The summed E-state index contributed by atoms with van der Waals surface area (Å²) < 4.78 is 55.7. The molecule has 4 aliphatic heterocycles. The Labute approximate surface area is 456 Å². The molecule has 1 amide bonds. The number of anilines is 5. The molecule has 77 heavy (non-hydrogen) atoms. The smallest absolute Gasteiger partial charge is 0.267 e. The zero-order valence-corrected chi connectivity index (χ0v) is 45.6. The molecule has 2 aliphatic carbocycles. The van der Waals surface area contributed by atoms with Gasteiger partial charge in [-0.25, -0.2) is 13.1 Å². The lowest BCUT2D eigenvalue weighted by Crippen LogP contribution is -2.56. The SMILES string of the molecule is CC1(C)CC(c2ccc(Cl)cc2)=C2CN3CCN(c4ccc(C(=O)NS(=O)(=O)c5ccc(NCC6CCC(N7CCOCC7)CC6)c(N([O-])O)c5)c(N5CCCOc6nc7[nH]ccc7cc65)c4)CC3COCCCO[C@@H]2C1. The Morgan fingerprint density at radius 3 is 2.51 bits per heavy atom. The van der Waals surface area contributed by atoms with E-state index >= 15 is 0 Å². The summed E-state index contributed by atoms with van der Waals surface area (Å²) >= 11 is 6.39. The van der Waals surface area contributed by atoms with Crippen molar-refractivity contribution in [3.63, 3.8) is 0 Å². The van der Waals surface area contributed by atoms with E-state index in [0.29, 0.717) is 98.9 Å². The Bertz CT molecular complexity index is 3050. The number of halogens is 1. The lowest BCUT2D eigenvalue weighted by atomic mass is 9.71. The van der Waals surface area contributed by atoms with Gasteiger partial charge in [0.1, 0.15) is 11.3 Å². The van der Waals surface area contributed by atoms with Gasteiger partial charge in [0.2, 0.25) is 5.88 Å². The van der Waals surface area contributed by atoms with Crippen LogP contribution in [0, 0.1) is 16.5 Å². The molecular formula is C57H71ClN9O9S-. The van der Waals surface area contributed by atoms with E-state index in [1.807, 2.05) is 47.5 Å². The van der Waals surface area contributed by atoms with Gasteiger partial charge in [-0.3, -0.25) is 19.8 Å². The molecular weight excluding hydrogens is 1020 g/mol. The van der Waals surface area contributed by atoms with Gasteiger partial charge in [-0.1, -0.05) is 37.6 Å². The molecule has 5 aromatic rings. The fraction of sp³-hybridized carbons (Fsp3) is 0.509. The Morgan fingerprint density at radius 1 is 0.883 bits per heavy atom. The summed E-state index contributed by atoms with van der Waals surface area (Å²) in [4.78, 5) is 31.7. The number of allylic oxidation sites excluding steroid dienone is 1. The summed E-state index contributed by atoms with van der Waals surface area (Å²) in [6, 6.07) is 22.0. The topological polar surface area (TPSA) is 200 Å². The minimum atomic E-state index is -4.59. The number of hydrogen-bond acceptors (Lipinski definition) is 16. The van der Waals surface area contributed by atoms with Gasteiger partial charge < -0.3 is 49.5 Å². The summed E-state index contributed by atoms with van der Waals surface area (Å²) in [6.45, 7) is 13.9. The Kier molecular flexibility index (Phi) is 16.0. The molecule has 0 spiro atoms. The minimum Gasteiger partial charge on any atom is -0.733 e. The van der Waals surface area contributed by atoms with E-state index < -0.39 is 15.9 Å². The van der Waals surface area contributed by atoms with Gasteiger partial charge in [-0.15, -0.1) is 0 Å². The number of nitrogens with zero attached hydrogens (tertiary/aromatic N) is 6. The second-order valence-corrected chi connectivity index (χ2v) is 24.4. The molecule has 3 aromatic carbocycles. The Hall–Kier alpha value is -5.48. The maximum absolute atomic E-state index is 14.7. The predicted molar refractivity (Wildman–Crippen MR) is 299 cm³/mol. The van der Waals surface area contributed by atoms with E-state index in [9.17, 15) is 23.6 Å². The van der Waals surface area contributed by atoms with Gasteiger partial charge in [0.15, 0.2) is 0 Å². The fourth-order valence-corrected chi connectivity index (χ4v) is 13.5. The number of piperazine rings is 1. The molecule has 1 saturated carbocycles. The van der Waals surface area contributed by atoms with Crippen molar-refractivity contribution in [2.45, 2.75) is 88.3 Å². The maximum atomic E-state index is 14.7. The lowest BCUT2D eigenvalue weighted by Gasteiger charge is -2.45. The van der Waals surface area contributed by atoms with Gasteiger partial charge in [-0.05, 0) is 140 Å². The third kappa shape index (κ3) is 12.1. The van der Waals surface area contributed by atoms with Gasteiger partial charge in [-0.2, -0.15) is 4.98 Å². The highest BCUT2D eigenvalue weighted by atomic mass is 35.5. The third-order valence-electron chi connectivity index (χ3n) is 16.5. The number of aromatic nitrogens is 2. The van der Waals surface area contributed by atoms with E-state index in [-0.39, 0.29) is 44.6 Å². The molecule has 2 atom stereocenters. The number of benzene rings is 3. The summed E-state index contributed by atoms with van der Waals surface area (Å²) in [5.74, 6) is -0.139. The molecule has 18 nitrogen and oxygen atoms in total. The lowest BCUT2D eigenvalue weighted by molar-refractivity contribution is 0.00540. The van der Waals surface area contributed by atoms with Crippen LogP contribution < -0.4 is 29.8 Å². The van der Waals surface area contributed by atoms with E-state index in [4.69, 9.17) is 35.5 Å². The van der Waals surface area contributed by atoms with E-state index in [1.54, 1.807) is 6.07 Å². The van der Waals surface area contributed by atoms with Crippen molar-refractivity contribution in [2.75, 3.05) is 112 Å². The highest BCUT2D eigenvalue weighted by Crippen LogP contribution is 2.46. The summed E-state index contributed by atoms with van der Waals surface area (Å²) in [6.07, 6.45) is 9.13. The Balaban J connectivity index is 0.865. The number of aromatic amines is 1. The largest absolute Gasteiger partial charge is 0.733 e. The van der Waals surface area contributed by atoms with Crippen LogP contribution in [-0.4, -0.2) is 149 Å². The number of morpholine rings is 1. The first-order valence-corrected chi connectivity index (χ1v) is 29.2. The van der Waals surface area contributed by atoms with Crippen molar-refractivity contribution in [1.29, 1.82) is 0 Å². The standard InChI is InChI=1S/C57H71ClN9O9S/c1-57(2)32-47(39-7-9-41(58)10-8-39)48-36-65-21-20-64(35-44(65)37-74-24-4-26-75-53(48)33-57)43-13-15-46(50(30-43)66-19-3-25-76-56-52(66)29-40-17-18-59-54(40)61-56)55(68)62-77(71,72)45-14-16-49(51(31-45)67(69)70)60-34-38-5-11-42(12-6-38)63-22-27-73-28-23-63/h7-10,13-18,29-31,38,42,44,53,60,69H,3-6,11-12,19-28,32-37H2,1-2H3,(H,59,61)(H,62,68)/q-1/t38?,42?,44?,53-/m1/s1. The second-order valence-electron chi connectivity index (χ2n) is 22.3. The average molecular weight is 1090 g/mol. The molecule has 6 heterocycles. The fourth-order valence-electron chi connectivity index (χ4n) is 12.4. The molecule has 0 radical (unpaired) electrons. The van der Waals surface area contributed by atoms with Crippen molar-refractivity contribution in [3.8, 4) is 5.88 Å². The number of carbonyl (C=O) groups excluding carboxylic acids is 1. The quantitative estimate of drug-likeness (QED) is 0.0914. The number of hydrogen-bond donors (Lipinski definition) is 4. The molecule has 1 unspecified atom stereocenters. The highest BCUT2D eigenvalue weighted by Gasteiger charge is 2.39. The van der Waals surface area contributed by atoms with Crippen molar-refractivity contribution in [2.24, 2.45) is 11.3 Å². The van der Waals surface area contributed by atoms with Crippen LogP contribution >= 0.6 is 11.6 Å². The molecule has 0 bridgehead atoms. The van der Waals surface area contributed by atoms with Crippen LogP contribution in [0.5, 0.6) is 5.88 Å². The average Bonchev–Trinajstić information content (AvgIpc) is 3.86. The normalized spacial score (nSPS) is 23.9. The van der Waals surface area contributed by atoms with Crippen LogP contribution in [-0.2, 0) is 24.2 Å². The number of fused-ring (bicyclic) bond motifs is 4. The van der Waals surface area contributed by atoms with Gasteiger partial charge in [0, 0.05) is 93.9 Å². The zero-order valence-electron chi connectivity index (χ0n) is 44.1. The molecule has 2 aromatic heterocycles. The minimum absolute atomic E-state index is 0.0161. The molecule has 20 heteroatoms. The number of nitrogens with one attached hydrogen (secondary N) is 3. The maximum Gasteiger partial charge on any atom is 0.267 e. The monoisotopic (exact) mass is 1090 g/mol.